The van der Waals surface area contributed by atoms with E-state index in [2.05, 4.69) is 22.6 Å². The lowest BCUT2D eigenvalue weighted by atomic mass is 9.96. The zero-order valence-corrected chi connectivity index (χ0v) is 19.6. The minimum atomic E-state index is -3.44. The van der Waals surface area contributed by atoms with Gasteiger partial charge in [-0.25, -0.2) is 0 Å². The van der Waals surface area contributed by atoms with E-state index in [-0.39, 0.29) is 24.1 Å². The molecular weight excluding hydrogens is 428 g/mol. The summed E-state index contributed by atoms with van der Waals surface area (Å²) < 4.78 is 32.6. The maximum Gasteiger partial charge on any atom is 0.331 e. The van der Waals surface area contributed by atoms with Crippen molar-refractivity contribution in [3.8, 4) is 0 Å². The number of hydrogen-bond acceptors (Lipinski definition) is 4. The molecule has 0 aliphatic carbocycles. The number of halogens is 2. The summed E-state index contributed by atoms with van der Waals surface area (Å²) in [5.74, 6) is -4.97. The summed E-state index contributed by atoms with van der Waals surface area (Å²) >= 11 is 0. The van der Waals surface area contributed by atoms with Crippen molar-refractivity contribution in [1.29, 1.82) is 0 Å². The molecule has 1 heterocycles. The topological polar surface area (TPSA) is 66.8 Å². The summed E-state index contributed by atoms with van der Waals surface area (Å²) in [6.45, 7) is 2.09. The fraction of sp³-hybridized carbons (Fsp3) is 0.577. The molecule has 1 amide bonds. The number of benzene rings is 1. The minimum absolute atomic E-state index is 0.0531. The third-order valence-electron chi connectivity index (χ3n) is 5.99. The van der Waals surface area contributed by atoms with Crippen molar-refractivity contribution in [1.82, 2.24) is 4.90 Å². The molecule has 1 fully saturated rings. The predicted octanol–water partition coefficient (Wildman–Crippen LogP) is 5.04. The van der Waals surface area contributed by atoms with Crippen LogP contribution in [0.2, 0.25) is 0 Å². The van der Waals surface area contributed by atoms with E-state index in [1.807, 2.05) is 25.1 Å². The number of aliphatic hydroxyl groups is 1. The molecule has 0 aromatic heterocycles. The summed E-state index contributed by atoms with van der Waals surface area (Å²) in [5.41, 5.74) is 4.15. The molecule has 33 heavy (non-hydrogen) atoms. The lowest BCUT2D eigenvalue weighted by Gasteiger charge is -2.17. The molecule has 1 saturated heterocycles. The van der Waals surface area contributed by atoms with Gasteiger partial charge in [0, 0.05) is 13.0 Å². The molecule has 1 aliphatic heterocycles. The van der Waals surface area contributed by atoms with Crippen molar-refractivity contribution >= 4 is 11.9 Å². The summed E-state index contributed by atoms with van der Waals surface area (Å²) in [5, 5.41) is 10.4. The molecule has 0 bridgehead atoms. The SMILES string of the molecule is COC(=O)CCCCCCN1C(=O)C(F)(F)CC1=C=C[C@@H](O)[C@H](C)CCCc1ccccc1. The summed E-state index contributed by atoms with van der Waals surface area (Å²) in [4.78, 5) is 24.3. The smallest absolute Gasteiger partial charge is 0.331 e. The lowest BCUT2D eigenvalue weighted by molar-refractivity contribution is -0.147. The normalized spacial score (nSPS) is 16.9. The molecule has 0 spiro atoms. The van der Waals surface area contributed by atoms with Gasteiger partial charge in [-0.05, 0) is 49.7 Å². The molecule has 0 unspecified atom stereocenters. The van der Waals surface area contributed by atoms with Gasteiger partial charge in [-0.3, -0.25) is 9.59 Å². The first-order valence-electron chi connectivity index (χ1n) is 11.7. The minimum Gasteiger partial charge on any atom is -0.469 e. The Balaban J connectivity index is 1.87. The number of rotatable bonds is 13. The van der Waals surface area contributed by atoms with Gasteiger partial charge in [0.15, 0.2) is 0 Å². The molecule has 2 atom stereocenters. The van der Waals surface area contributed by atoms with Crippen molar-refractivity contribution in [2.24, 2.45) is 5.92 Å². The molecule has 1 aromatic rings. The van der Waals surface area contributed by atoms with Gasteiger partial charge in [0.25, 0.3) is 5.91 Å². The molecule has 1 aliphatic rings. The number of nitrogens with zero attached hydrogens (tertiary/aromatic N) is 1. The van der Waals surface area contributed by atoms with E-state index in [0.717, 1.165) is 30.6 Å². The van der Waals surface area contributed by atoms with Crippen molar-refractivity contribution in [3.63, 3.8) is 0 Å². The van der Waals surface area contributed by atoms with Gasteiger partial charge in [-0.2, -0.15) is 8.78 Å². The molecule has 0 saturated carbocycles. The summed E-state index contributed by atoms with van der Waals surface area (Å²) in [6, 6.07) is 10.1. The Bertz CT molecular complexity index is 834. The number of ether oxygens (including phenoxy) is 1. The van der Waals surface area contributed by atoms with Crippen LogP contribution in [0.4, 0.5) is 8.78 Å². The van der Waals surface area contributed by atoms with E-state index < -0.39 is 24.4 Å². The Morgan fingerprint density at radius 2 is 1.91 bits per heavy atom. The Morgan fingerprint density at radius 3 is 2.61 bits per heavy atom. The van der Waals surface area contributed by atoms with E-state index in [0.29, 0.717) is 25.7 Å². The van der Waals surface area contributed by atoms with Crippen LogP contribution >= 0.6 is 0 Å². The van der Waals surface area contributed by atoms with Gasteiger partial charge >= 0.3 is 11.9 Å². The third-order valence-corrected chi connectivity index (χ3v) is 5.99. The van der Waals surface area contributed by atoms with Gasteiger partial charge in [0.2, 0.25) is 0 Å². The fourth-order valence-corrected chi connectivity index (χ4v) is 3.85. The van der Waals surface area contributed by atoms with Crippen molar-refractivity contribution in [3.05, 3.63) is 53.4 Å². The van der Waals surface area contributed by atoms with E-state index >= 15 is 0 Å². The Morgan fingerprint density at radius 1 is 1.21 bits per heavy atom. The number of aliphatic hydroxyl groups excluding tert-OH is 1. The van der Waals surface area contributed by atoms with E-state index in [1.165, 1.54) is 18.7 Å². The maximum atomic E-state index is 14.0. The molecule has 1 aromatic carbocycles. The number of carbonyl (C=O) groups is 2. The monoisotopic (exact) mass is 463 g/mol. The Labute approximate surface area is 195 Å². The Kier molecular flexibility index (Phi) is 10.8. The van der Waals surface area contributed by atoms with Gasteiger partial charge < -0.3 is 14.7 Å². The molecule has 1 N–H and O–H groups in total. The molecule has 7 heteroatoms. The van der Waals surface area contributed by atoms with Gasteiger partial charge in [-0.1, -0.05) is 50.1 Å². The second-order valence-corrected chi connectivity index (χ2v) is 8.68. The average Bonchev–Trinajstić information content (AvgIpc) is 3.02. The van der Waals surface area contributed by atoms with E-state index in [9.17, 15) is 23.5 Å². The quantitative estimate of drug-likeness (QED) is 0.253. The third kappa shape index (κ3) is 8.75. The zero-order chi connectivity index (χ0) is 24.3. The van der Waals surface area contributed by atoms with Crippen LogP contribution in [0.1, 0.15) is 63.9 Å². The first-order valence-corrected chi connectivity index (χ1v) is 11.7. The summed E-state index contributed by atoms with van der Waals surface area (Å²) in [7, 11) is 1.34. The Hall–Kier alpha value is -2.50. The molecular formula is C26H35F2NO4. The number of likely N-dealkylation sites (tertiary alicyclic amines) is 1. The van der Waals surface area contributed by atoms with Crippen LogP contribution in [0.5, 0.6) is 0 Å². The molecule has 182 valence electrons. The summed E-state index contributed by atoms with van der Waals surface area (Å²) in [6.07, 6.45) is 5.49. The highest BCUT2D eigenvalue weighted by Crippen LogP contribution is 2.35. The number of aryl methyl sites for hydroxylation is 1. The predicted molar refractivity (Wildman–Crippen MR) is 123 cm³/mol. The molecule has 2 rings (SSSR count). The number of carbonyl (C=O) groups excluding carboxylic acids is 2. The average molecular weight is 464 g/mol. The standard InChI is InChI=1S/C26H35F2NO4/c1-20(11-10-14-21-12-6-5-7-13-21)23(30)17-16-22-19-26(27,28)25(32)29(22)18-9-4-3-8-15-24(31)33-2/h5-7,12-13,17,20,23,30H,3-4,8-11,14-15,18-19H2,1-2H3/t16?,20-,23-/m1/s1. The first-order chi connectivity index (χ1) is 15.7. The fourth-order valence-electron chi connectivity index (χ4n) is 3.85. The van der Waals surface area contributed by atoms with Crippen molar-refractivity contribution in [2.45, 2.75) is 76.7 Å². The number of amides is 1. The van der Waals surface area contributed by atoms with Crippen LogP contribution in [-0.4, -0.2) is 47.6 Å². The second kappa shape index (κ2) is 13.3. The maximum absolute atomic E-state index is 14.0. The molecule has 0 radical (unpaired) electrons. The van der Waals surface area contributed by atoms with Gasteiger partial charge in [-0.15, -0.1) is 5.73 Å². The molecule has 5 nitrogen and oxygen atoms in total. The highest BCUT2D eigenvalue weighted by molar-refractivity contribution is 5.88. The van der Waals surface area contributed by atoms with Crippen molar-refractivity contribution < 1.29 is 28.2 Å². The van der Waals surface area contributed by atoms with Crippen LogP contribution in [0.3, 0.4) is 0 Å². The number of alkyl halides is 2. The zero-order valence-electron chi connectivity index (χ0n) is 19.6. The van der Waals surface area contributed by atoms with Crippen LogP contribution in [0.25, 0.3) is 0 Å². The van der Waals surface area contributed by atoms with E-state index in [4.69, 9.17) is 0 Å². The van der Waals surface area contributed by atoms with E-state index in [1.54, 1.807) is 0 Å². The number of hydrogen-bond donors (Lipinski definition) is 1. The van der Waals surface area contributed by atoms with Crippen LogP contribution in [-0.2, 0) is 20.7 Å². The largest absolute Gasteiger partial charge is 0.469 e. The van der Waals surface area contributed by atoms with Crippen LogP contribution in [0.15, 0.2) is 47.8 Å². The van der Waals surface area contributed by atoms with Crippen molar-refractivity contribution in [2.75, 3.05) is 13.7 Å². The number of methoxy groups -OCH3 is 1. The van der Waals surface area contributed by atoms with Crippen LogP contribution in [0, 0.1) is 5.92 Å². The first kappa shape index (κ1) is 26.7. The highest BCUT2D eigenvalue weighted by Gasteiger charge is 2.50. The highest BCUT2D eigenvalue weighted by atomic mass is 19.3. The van der Waals surface area contributed by atoms with Gasteiger partial charge in [0.1, 0.15) is 0 Å². The van der Waals surface area contributed by atoms with Gasteiger partial charge in [0.05, 0.1) is 25.3 Å². The lowest BCUT2D eigenvalue weighted by Crippen LogP contribution is -2.33. The number of unbranched alkanes of at least 4 members (excludes halogenated alkanes) is 3. The number of esters is 1. The van der Waals surface area contributed by atoms with Crippen LogP contribution < -0.4 is 0 Å². The second-order valence-electron chi connectivity index (χ2n) is 8.68.